The topological polar surface area (TPSA) is 24.9 Å². The average molecular weight is 453 g/mol. The number of methoxy groups -OCH3 is 1. The number of ether oxygens (including phenoxy) is 2. The minimum absolute atomic E-state index is 0. The van der Waals surface area contributed by atoms with E-state index in [0.29, 0.717) is 12.0 Å². The van der Waals surface area contributed by atoms with E-state index in [2.05, 4.69) is 73.2 Å². The predicted octanol–water partition coefficient (Wildman–Crippen LogP) is 4.77. The molecular weight excluding hydrogens is 419 g/mol. The van der Waals surface area contributed by atoms with E-state index in [9.17, 15) is 0 Å². The van der Waals surface area contributed by atoms with Gasteiger partial charge in [-0.05, 0) is 73.7 Å². The minimum Gasteiger partial charge on any atom is -0.497 e. The molecule has 0 amide bonds. The first-order valence-electron chi connectivity index (χ1n) is 10.3. The first kappa shape index (κ1) is 24.8. The quantitative estimate of drug-likeness (QED) is 0.629. The van der Waals surface area contributed by atoms with E-state index in [0.717, 1.165) is 37.1 Å². The molecule has 0 radical (unpaired) electrons. The summed E-state index contributed by atoms with van der Waals surface area (Å²) in [5, 5.41) is 0. The lowest BCUT2D eigenvalue weighted by atomic mass is 9.89. The fourth-order valence-corrected chi connectivity index (χ4v) is 4.93. The first-order chi connectivity index (χ1) is 13.5. The highest BCUT2D eigenvalue weighted by atomic mass is 35.5. The van der Waals surface area contributed by atoms with E-state index in [1.54, 1.807) is 7.11 Å². The van der Waals surface area contributed by atoms with E-state index >= 15 is 0 Å². The van der Waals surface area contributed by atoms with Crippen molar-refractivity contribution in [2.45, 2.75) is 19.9 Å². The molecule has 4 nitrogen and oxygen atoms in total. The van der Waals surface area contributed by atoms with Gasteiger partial charge in [0.1, 0.15) is 18.1 Å². The van der Waals surface area contributed by atoms with Crippen molar-refractivity contribution in [1.82, 2.24) is 9.80 Å². The molecule has 2 fully saturated rings. The van der Waals surface area contributed by atoms with Gasteiger partial charge in [0.25, 0.3) is 0 Å². The summed E-state index contributed by atoms with van der Waals surface area (Å²) in [5.74, 6) is 3.36. The van der Waals surface area contributed by atoms with Gasteiger partial charge in [0.15, 0.2) is 0 Å². The number of nitrogens with zero attached hydrogens (tertiary/aromatic N) is 2. The molecule has 0 unspecified atom stereocenters. The van der Waals surface area contributed by atoms with Crippen LogP contribution in [-0.2, 0) is 0 Å². The Labute approximate surface area is 193 Å². The third-order valence-electron chi connectivity index (χ3n) is 6.58. The van der Waals surface area contributed by atoms with E-state index < -0.39 is 0 Å². The minimum atomic E-state index is 0. The van der Waals surface area contributed by atoms with Gasteiger partial charge in [0.2, 0.25) is 0 Å². The number of likely N-dealkylation sites (tertiary alicyclic amines) is 2. The van der Waals surface area contributed by atoms with Crippen molar-refractivity contribution in [1.29, 1.82) is 0 Å². The van der Waals surface area contributed by atoms with Crippen molar-refractivity contribution in [2.75, 3.05) is 46.9 Å². The van der Waals surface area contributed by atoms with Gasteiger partial charge in [-0.3, -0.25) is 9.80 Å². The third kappa shape index (κ3) is 5.23. The van der Waals surface area contributed by atoms with Crippen LogP contribution in [0.3, 0.4) is 0 Å². The molecule has 0 bridgehead atoms. The number of hydrogen-bond donors (Lipinski definition) is 0. The largest absolute Gasteiger partial charge is 0.497 e. The average Bonchev–Trinajstić information content (AvgIpc) is 3.20. The van der Waals surface area contributed by atoms with Crippen molar-refractivity contribution in [3.8, 4) is 11.5 Å². The fraction of sp³-hybridized carbons (Fsp3) is 0.500. The van der Waals surface area contributed by atoms with Crippen molar-refractivity contribution in [3.63, 3.8) is 0 Å². The lowest BCUT2D eigenvalue weighted by Gasteiger charge is -2.27. The Bertz CT molecular complexity index is 815. The Morgan fingerprint density at radius 2 is 1.60 bits per heavy atom. The highest BCUT2D eigenvalue weighted by Gasteiger charge is 2.45. The summed E-state index contributed by atoms with van der Waals surface area (Å²) in [5.41, 5.74) is 4.01. The summed E-state index contributed by atoms with van der Waals surface area (Å²) in [6.07, 6.45) is 0. The number of fused-ring (bicyclic) bond motifs is 1. The van der Waals surface area contributed by atoms with Gasteiger partial charge in [0.05, 0.1) is 7.11 Å². The molecule has 6 heteroatoms. The second-order valence-electron chi connectivity index (χ2n) is 8.44. The maximum atomic E-state index is 6.02. The standard InChI is InChI=1S/C24H32N2O2.2ClH/c1-17-5-8-22(13-18(17)2)28-12-11-26-15-20-14-25(3)24(23(20)16-26)19-6-9-21(27-4)10-7-19;;/h5-10,13,20,23-24H,11-12,14-16H2,1-4H3;2*1H/t20-,23+,24-;;/m0../s1. The van der Waals surface area contributed by atoms with Crippen molar-refractivity contribution in [3.05, 3.63) is 59.2 Å². The van der Waals surface area contributed by atoms with E-state index in [1.165, 1.54) is 29.8 Å². The summed E-state index contributed by atoms with van der Waals surface area (Å²) in [6.45, 7) is 9.54. The smallest absolute Gasteiger partial charge is 0.119 e. The molecule has 0 aliphatic carbocycles. The Hall–Kier alpha value is -1.46. The van der Waals surface area contributed by atoms with Crippen LogP contribution in [-0.4, -0.2) is 56.7 Å². The van der Waals surface area contributed by atoms with Crippen LogP contribution in [0, 0.1) is 25.7 Å². The van der Waals surface area contributed by atoms with Crippen molar-refractivity contribution in [2.24, 2.45) is 11.8 Å². The Balaban J connectivity index is 0.00000160. The van der Waals surface area contributed by atoms with Crippen LogP contribution in [0.4, 0.5) is 0 Å². The highest BCUT2D eigenvalue weighted by molar-refractivity contribution is 5.85. The number of halogens is 2. The van der Waals surface area contributed by atoms with E-state index in [1.807, 2.05) is 0 Å². The molecule has 0 N–H and O–H groups in total. The van der Waals surface area contributed by atoms with Crippen LogP contribution in [0.15, 0.2) is 42.5 Å². The van der Waals surface area contributed by atoms with Crippen LogP contribution in [0.2, 0.25) is 0 Å². The monoisotopic (exact) mass is 452 g/mol. The lowest BCUT2D eigenvalue weighted by Crippen LogP contribution is -2.31. The molecule has 2 aliphatic rings. The molecule has 2 aliphatic heterocycles. The maximum absolute atomic E-state index is 6.02. The van der Waals surface area contributed by atoms with Gasteiger partial charge in [-0.2, -0.15) is 0 Å². The molecular formula is C24H34Cl2N2O2. The Morgan fingerprint density at radius 3 is 2.27 bits per heavy atom. The van der Waals surface area contributed by atoms with E-state index in [4.69, 9.17) is 9.47 Å². The fourth-order valence-electron chi connectivity index (χ4n) is 4.93. The summed E-state index contributed by atoms with van der Waals surface area (Å²) >= 11 is 0. The molecule has 0 aromatic heterocycles. The number of rotatable bonds is 6. The summed E-state index contributed by atoms with van der Waals surface area (Å²) in [4.78, 5) is 5.11. The van der Waals surface area contributed by atoms with Crippen molar-refractivity contribution < 1.29 is 9.47 Å². The van der Waals surface area contributed by atoms with Crippen LogP contribution in [0.25, 0.3) is 0 Å². The van der Waals surface area contributed by atoms with Gasteiger partial charge in [-0.1, -0.05) is 18.2 Å². The summed E-state index contributed by atoms with van der Waals surface area (Å²) in [6, 6.07) is 15.5. The second-order valence-corrected chi connectivity index (χ2v) is 8.44. The van der Waals surface area contributed by atoms with Gasteiger partial charge in [0, 0.05) is 32.2 Å². The number of hydrogen-bond acceptors (Lipinski definition) is 4. The predicted molar refractivity (Wildman–Crippen MR) is 128 cm³/mol. The first-order valence-corrected chi connectivity index (χ1v) is 10.3. The summed E-state index contributed by atoms with van der Waals surface area (Å²) < 4.78 is 11.3. The van der Waals surface area contributed by atoms with Crippen LogP contribution in [0.1, 0.15) is 22.7 Å². The molecule has 0 spiro atoms. The molecule has 2 heterocycles. The Morgan fingerprint density at radius 1 is 0.900 bits per heavy atom. The zero-order valence-electron chi connectivity index (χ0n) is 18.3. The van der Waals surface area contributed by atoms with Gasteiger partial charge in [-0.15, -0.1) is 24.8 Å². The highest BCUT2D eigenvalue weighted by Crippen LogP contribution is 2.44. The Kier molecular flexibility index (Phi) is 8.86. The summed E-state index contributed by atoms with van der Waals surface area (Å²) in [7, 11) is 3.99. The molecule has 4 rings (SSSR count). The zero-order valence-corrected chi connectivity index (χ0v) is 20.0. The lowest BCUT2D eigenvalue weighted by molar-refractivity contribution is 0.198. The van der Waals surface area contributed by atoms with E-state index in [-0.39, 0.29) is 24.8 Å². The number of aryl methyl sites for hydroxylation is 2. The van der Waals surface area contributed by atoms with Crippen LogP contribution < -0.4 is 9.47 Å². The molecule has 2 saturated heterocycles. The third-order valence-corrected chi connectivity index (χ3v) is 6.58. The normalized spacial score (nSPS) is 23.4. The molecule has 3 atom stereocenters. The van der Waals surface area contributed by atoms with Gasteiger partial charge in [-0.25, -0.2) is 0 Å². The molecule has 2 aromatic carbocycles. The number of benzene rings is 2. The SMILES string of the molecule is COc1ccc([C@H]2[C@@H]3CN(CCOc4ccc(C)c(C)c4)C[C@@H]3CN2C)cc1.Cl.Cl. The van der Waals surface area contributed by atoms with Crippen molar-refractivity contribution >= 4 is 24.8 Å². The van der Waals surface area contributed by atoms with Crippen LogP contribution in [0.5, 0.6) is 11.5 Å². The molecule has 30 heavy (non-hydrogen) atoms. The van der Waals surface area contributed by atoms with Gasteiger partial charge < -0.3 is 9.47 Å². The van der Waals surface area contributed by atoms with Crippen LogP contribution >= 0.6 is 24.8 Å². The molecule has 166 valence electrons. The zero-order chi connectivity index (χ0) is 19.7. The maximum Gasteiger partial charge on any atom is 0.119 e. The second kappa shape index (κ2) is 10.7. The van der Waals surface area contributed by atoms with Gasteiger partial charge >= 0.3 is 0 Å². The molecule has 0 saturated carbocycles. The molecule has 2 aromatic rings.